The highest BCUT2D eigenvalue weighted by Gasteiger charge is 2.28. The van der Waals surface area contributed by atoms with Crippen LogP contribution in [-0.2, 0) is 22.6 Å². The molecule has 178 valence electrons. The zero-order valence-corrected chi connectivity index (χ0v) is 21.7. The minimum Gasteiger partial charge on any atom is -0.352 e. The van der Waals surface area contributed by atoms with Crippen LogP contribution in [0.3, 0.4) is 0 Å². The number of benzene rings is 2. The van der Waals surface area contributed by atoms with Gasteiger partial charge in [-0.3, -0.25) is 9.59 Å². The number of halogens is 1. The standard InChI is InChI=1S/C28H37BrN2O2/c1-20(2)24-14-9-22(10-15-24)13-18-27(32)31(19-23-11-16-25(29)17-12-23)21(3)28(33)30-26-7-5-4-6-8-26/h9-12,14-17,20-21,26H,4-8,13,18-19H2,1-3H3,(H,30,33). The Hall–Kier alpha value is -2.14. The van der Waals surface area contributed by atoms with Crippen molar-refractivity contribution in [3.05, 3.63) is 69.7 Å². The third-order valence-corrected chi connectivity index (χ3v) is 7.19. The number of rotatable bonds is 9. The second-order valence-electron chi connectivity index (χ2n) is 9.56. The van der Waals surface area contributed by atoms with Gasteiger partial charge in [0.2, 0.25) is 11.8 Å². The van der Waals surface area contributed by atoms with Gasteiger partial charge in [0.1, 0.15) is 6.04 Å². The fourth-order valence-corrected chi connectivity index (χ4v) is 4.67. The Balaban J connectivity index is 1.68. The Morgan fingerprint density at radius 3 is 2.15 bits per heavy atom. The largest absolute Gasteiger partial charge is 0.352 e. The molecule has 1 unspecified atom stereocenters. The van der Waals surface area contributed by atoms with Gasteiger partial charge in [-0.2, -0.15) is 0 Å². The quantitative estimate of drug-likeness (QED) is 0.424. The van der Waals surface area contributed by atoms with E-state index in [0.717, 1.165) is 41.3 Å². The first kappa shape index (κ1) is 25.5. The highest BCUT2D eigenvalue weighted by Crippen LogP contribution is 2.20. The van der Waals surface area contributed by atoms with Crippen LogP contribution in [0, 0.1) is 0 Å². The van der Waals surface area contributed by atoms with Crippen molar-refractivity contribution in [3.8, 4) is 0 Å². The molecule has 0 bridgehead atoms. The maximum absolute atomic E-state index is 13.3. The summed E-state index contributed by atoms with van der Waals surface area (Å²) in [6, 6.07) is 16.2. The first-order chi connectivity index (χ1) is 15.8. The summed E-state index contributed by atoms with van der Waals surface area (Å²) in [5, 5.41) is 3.20. The zero-order valence-electron chi connectivity index (χ0n) is 20.1. The van der Waals surface area contributed by atoms with E-state index in [2.05, 4.69) is 59.4 Å². The third-order valence-electron chi connectivity index (χ3n) is 6.66. The maximum Gasteiger partial charge on any atom is 0.242 e. The topological polar surface area (TPSA) is 49.4 Å². The predicted octanol–water partition coefficient (Wildman–Crippen LogP) is 6.37. The first-order valence-electron chi connectivity index (χ1n) is 12.3. The highest BCUT2D eigenvalue weighted by molar-refractivity contribution is 9.10. The van der Waals surface area contributed by atoms with Crippen LogP contribution in [0.25, 0.3) is 0 Å². The van der Waals surface area contributed by atoms with Crippen LogP contribution < -0.4 is 5.32 Å². The molecule has 1 fully saturated rings. The molecule has 2 amide bonds. The minimum absolute atomic E-state index is 0.0112. The number of amides is 2. The van der Waals surface area contributed by atoms with E-state index < -0.39 is 6.04 Å². The molecule has 1 atom stereocenters. The molecule has 2 aromatic rings. The van der Waals surface area contributed by atoms with Crippen molar-refractivity contribution in [1.82, 2.24) is 10.2 Å². The fourth-order valence-electron chi connectivity index (χ4n) is 4.40. The Bertz CT molecular complexity index is 902. The van der Waals surface area contributed by atoms with Gasteiger partial charge in [0.15, 0.2) is 0 Å². The molecule has 0 aromatic heterocycles. The fraction of sp³-hybridized carbons (Fsp3) is 0.500. The van der Waals surface area contributed by atoms with Crippen LogP contribution in [0.1, 0.15) is 81.9 Å². The van der Waals surface area contributed by atoms with Gasteiger partial charge in [0.25, 0.3) is 0 Å². The molecule has 0 spiro atoms. The SMILES string of the molecule is CC(C)c1ccc(CCC(=O)N(Cc2ccc(Br)cc2)C(C)C(=O)NC2CCCCC2)cc1. The van der Waals surface area contributed by atoms with Crippen molar-refractivity contribution in [2.75, 3.05) is 0 Å². The summed E-state index contributed by atoms with van der Waals surface area (Å²) in [5.41, 5.74) is 3.47. The van der Waals surface area contributed by atoms with Crippen LogP contribution >= 0.6 is 15.9 Å². The molecule has 33 heavy (non-hydrogen) atoms. The molecule has 1 N–H and O–H groups in total. The van der Waals surface area contributed by atoms with Gasteiger partial charge < -0.3 is 10.2 Å². The van der Waals surface area contributed by atoms with Crippen molar-refractivity contribution < 1.29 is 9.59 Å². The number of carbonyl (C=O) groups excluding carboxylic acids is 2. The summed E-state index contributed by atoms with van der Waals surface area (Å²) in [5.74, 6) is 0.455. The molecule has 1 aliphatic carbocycles. The molecule has 3 rings (SSSR count). The van der Waals surface area contributed by atoms with Gasteiger partial charge in [0, 0.05) is 23.5 Å². The molecule has 4 nitrogen and oxygen atoms in total. The Morgan fingerprint density at radius 2 is 1.55 bits per heavy atom. The van der Waals surface area contributed by atoms with Gasteiger partial charge in [-0.25, -0.2) is 0 Å². The third kappa shape index (κ3) is 7.70. The van der Waals surface area contributed by atoms with E-state index in [1.807, 2.05) is 31.2 Å². The smallest absolute Gasteiger partial charge is 0.242 e. The predicted molar refractivity (Wildman–Crippen MR) is 138 cm³/mol. The van der Waals surface area contributed by atoms with E-state index in [9.17, 15) is 9.59 Å². The number of aryl methyl sites for hydroxylation is 1. The van der Waals surface area contributed by atoms with Crippen molar-refractivity contribution >= 4 is 27.7 Å². The van der Waals surface area contributed by atoms with E-state index in [1.165, 1.54) is 12.0 Å². The average Bonchev–Trinajstić information content (AvgIpc) is 2.82. The van der Waals surface area contributed by atoms with Crippen molar-refractivity contribution in [2.24, 2.45) is 0 Å². The lowest BCUT2D eigenvalue weighted by Gasteiger charge is -2.31. The Labute approximate surface area is 207 Å². The molecule has 5 heteroatoms. The molecular weight excluding hydrogens is 476 g/mol. The normalized spacial score (nSPS) is 15.3. The summed E-state index contributed by atoms with van der Waals surface area (Å²) in [7, 11) is 0. The van der Waals surface area contributed by atoms with Crippen molar-refractivity contribution in [3.63, 3.8) is 0 Å². The van der Waals surface area contributed by atoms with Crippen LogP contribution in [0.4, 0.5) is 0 Å². The summed E-state index contributed by atoms with van der Waals surface area (Å²) < 4.78 is 0.997. The molecule has 0 aliphatic heterocycles. The van der Waals surface area contributed by atoms with Gasteiger partial charge >= 0.3 is 0 Å². The lowest BCUT2D eigenvalue weighted by Crippen LogP contribution is -2.50. The number of carbonyl (C=O) groups is 2. The average molecular weight is 514 g/mol. The summed E-state index contributed by atoms with van der Waals surface area (Å²) >= 11 is 3.47. The van der Waals surface area contributed by atoms with Gasteiger partial charge in [-0.1, -0.05) is 85.4 Å². The van der Waals surface area contributed by atoms with Gasteiger partial charge in [-0.05, 0) is 60.9 Å². The summed E-state index contributed by atoms with van der Waals surface area (Å²) in [6.45, 7) is 6.64. The second kappa shape index (κ2) is 12.4. The first-order valence-corrected chi connectivity index (χ1v) is 13.1. The molecular formula is C28H37BrN2O2. The van der Waals surface area contributed by atoms with Crippen molar-refractivity contribution in [1.29, 1.82) is 0 Å². The zero-order chi connectivity index (χ0) is 23.8. The van der Waals surface area contributed by atoms with Crippen molar-refractivity contribution in [2.45, 2.75) is 90.3 Å². The molecule has 1 saturated carbocycles. The summed E-state index contributed by atoms with van der Waals surface area (Å²) in [6.07, 6.45) is 6.70. The molecule has 0 heterocycles. The number of nitrogens with zero attached hydrogens (tertiary/aromatic N) is 1. The monoisotopic (exact) mass is 512 g/mol. The number of nitrogens with one attached hydrogen (secondary N) is 1. The lowest BCUT2D eigenvalue weighted by molar-refractivity contribution is -0.141. The van der Waals surface area contributed by atoms with Crippen LogP contribution in [-0.4, -0.2) is 28.8 Å². The minimum atomic E-state index is -0.508. The van der Waals surface area contributed by atoms with Crippen LogP contribution in [0.2, 0.25) is 0 Å². The summed E-state index contributed by atoms with van der Waals surface area (Å²) in [4.78, 5) is 28.1. The highest BCUT2D eigenvalue weighted by atomic mass is 79.9. The molecule has 2 aromatic carbocycles. The van der Waals surface area contributed by atoms with Gasteiger partial charge in [-0.15, -0.1) is 0 Å². The van der Waals surface area contributed by atoms with E-state index in [0.29, 0.717) is 25.3 Å². The molecule has 0 saturated heterocycles. The van der Waals surface area contributed by atoms with E-state index >= 15 is 0 Å². The molecule has 1 aliphatic rings. The second-order valence-corrected chi connectivity index (χ2v) is 10.5. The Morgan fingerprint density at radius 1 is 0.939 bits per heavy atom. The Kier molecular flexibility index (Phi) is 9.54. The lowest BCUT2D eigenvalue weighted by atomic mass is 9.95. The number of hydrogen-bond donors (Lipinski definition) is 1. The van der Waals surface area contributed by atoms with Gasteiger partial charge in [0.05, 0.1) is 0 Å². The molecule has 0 radical (unpaired) electrons. The van der Waals surface area contributed by atoms with E-state index in [-0.39, 0.29) is 17.9 Å². The van der Waals surface area contributed by atoms with Crippen LogP contribution in [0.5, 0.6) is 0 Å². The van der Waals surface area contributed by atoms with Crippen LogP contribution in [0.15, 0.2) is 53.0 Å². The maximum atomic E-state index is 13.3. The number of hydrogen-bond acceptors (Lipinski definition) is 2. The van der Waals surface area contributed by atoms with E-state index in [1.54, 1.807) is 4.90 Å². The van der Waals surface area contributed by atoms with E-state index in [4.69, 9.17) is 0 Å².